The van der Waals surface area contributed by atoms with Gasteiger partial charge in [-0.05, 0) is 19.2 Å². The van der Waals surface area contributed by atoms with E-state index in [2.05, 4.69) is 5.32 Å². The van der Waals surface area contributed by atoms with E-state index in [4.69, 9.17) is 0 Å². The summed E-state index contributed by atoms with van der Waals surface area (Å²) in [5.74, 6) is -0.291. The summed E-state index contributed by atoms with van der Waals surface area (Å²) in [6, 6.07) is 6.35. The van der Waals surface area contributed by atoms with Crippen LogP contribution < -0.4 is 5.32 Å². The fraction of sp³-hybridized carbons (Fsp3) is 0.462. The highest BCUT2D eigenvalue weighted by atomic mass is 35.5. The van der Waals surface area contributed by atoms with Crippen molar-refractivity contribution >= 4 is 28.2 Å². The SMILES string of the molecule is CCS(=O)(=O)c1ccccc1C(=O)N(C)CCNC.Cl. The van der Waals surface area contributed by atoms with Gasteiger partial charge in [0.15, 0.2) is 9.84 Å². The van der Waals surface area contributed by atoms with Gasteiger partial charge in [0.2, 0.25) is 0 Å². The molecule has 7 heteroatoms. The van der Waals surface area contributed by atoms with Gasteiger partial charge in [-0.15, -0.1) is 12.4 Å². The lowest BCUT2D eigenvalue weighted by molar-refractivity contribution is 0.0793. The number of amides is 1. The van der Waals surface area contributed by atoms with E-state index in [1.165, 1.54) is 11.0 Å². The molecule has 0 aliphatic heterocycles. The third-order valence-corrected chi connectivity index (χ3v) is 4.66. The van der Waals surface area contributed by atoms with E-state index in [1.54, 1.807) is 39.2 Å². The number of carbonyl (C=O) groups excluding carboxylic acids is 1. The Morgan fingerprint density at radius 3 is 2.45 bits per heavy atom. The molecule has 1 amide bonds. The molecule has 0 saturated heterocycles. The Labute approximate surface area is 126 Å². The summed E-state index contributed by atoms with van der Waals surface area (Å²) in [6.45, 7) is 2.75. The van der Waals surface area contributed by atoms with Gasteiger partial charge in [-0.1, -0.05) is 19.1 Å². The molecule has 1 N–H and O–H groups in total. The van der Waals surface area contributed by atoms with Crippen LogP contribution in [0.15, 0.2) is 29.2 Å². The van der Waals surface area contributed by atoms with Gasteiger partial charge in [0.1, 0.15) is 0 Å². The van der Waals surface area contributed by atoms with E-state index in [1.807, 2.05) is 0 Å². The van der Waals surface area contributed by atoms with Gasteiger partial charge >= 0.3 is 0 Å². The topological polar surface area (TPSA) is 66.5 Å². The highest BCUT2D eigenvalue weighted by Crippen LogP contribution is 2.18. The van der Waals surface area contributed by atoms with Crippen molar-refractivity contribution in [2.45, 2.75) is 11.8 Å². The standard InChI is InChI=1S/C13H20N2O3S.ClH/c1-4-19(17,18)12-8-6-5-7-11(12)13(16)15(3)10-9-14-2;/h5-8,14H,4,9-10H2,1-3H3;1H. The molecule has 0 aliphatic rings. The van der Waals surface area contributed by atoms with Crippen molar-refractivity contribution in [1.82, 2.24) is 10.2 Å². The van der Waals surface area contributed by atoms with E-state index in [0.29, 0.717) is 13.1 Å². The minimum Gasteiger partial charge on any atom is -0.340 e. The van der Waals surface area contributed by atoms with Crippen LogP contribution in [0, 0.1) is 0 Å². The van der Waals surface area contributed by atoms with Crippen LogP contribution in [0.25, 0.3) is 0 Å². The second-order valence-corrected chi connectivity index (χ2v) is 6.48. The summed E-state index contributed by atoms with van der Waals surface area (Å²) in [5.41, 5.74) is 0.239. The molecule has 5 nitrogen and oxygen atoms in total. The molecule has 1 aromatic carbocycles. The summed E-state index contributed by atoms with van der Waals surface area (Å²) >= 11 is 0. The molecule has 0 radical (unpaired) electrons. The molecular weight excluding hydrogens is 300 g/mol. The number of nitrogens with zero attached hydrogens (tertiary/aromatic N) is 1. The molecule has 0 bridgehead atoms. The van der Waals surface area contributed by atoms with Crippen LogP contribution in [0.1, 0.15) is 17.3 Å². The first-order valence-electron chi connectivity index (χ1n) is 6.16. The van der Waals surface area contributed by atoms with E-state index in [0.717, 1.165) is 0 Å². The first kappa shape index (κ1) is 18.9. The van der Waals surface area contributed by atoms with Gasteiger partial charge in [-0.2, -0.15) is 0 Å². The van der Waals surface area contributed by atoms with E-state index in [9.17, 15) is 13.2 Å². The Morgan fingerprint density at radius 1 is 1.30 bits per heavy atom. The van der Waals surface area contributed by atoms with E-state index in [-0.39, 0.29) is 34.5 Å². The normalized spacial score (nSPS) is 10.8. The number of likely N-dealkylation sites (N-methyl/N-ethyl adjacent to an activating group) is 2. The van der Waals surface area contributed by atoms with Crippen molar-refractivity contribution in [2.75, 3.05) is 32.9 Å². The minimum atomic E-state index is -3.39. The molecule has 0 spiro atoms. The maximum Gasteiger partial charge on any atom is 0.254 e. The number of sulfone groups is 1. The minimum absolute atomic E-state index is 0. The fourth-order valence-corrected chi connectivity index (χ4v) is 2.74. The fourth-order valence-electron chi connectivity index (χ4n) is 1.66. The maximum absolute atomic E-state index is 12.3. The highest BCUT2D eigenvalue weighted by Gasteiger charge is 2.22. The molecule has 0 saturated carbocycles. The van der Waals surface area contributed by atoms with Crippen LogP contribution in [-0.2, 0) is 9.84 Å². The van der Waals surface area contributed by atoms with E-state index < -0.39 is 9.84 Å². The lowest BCUT2D eigenvalue weighted by atomic mass is 10.2. The van der Waals surface area contributed by atoms with Crippen LogP contribution in [0.4, 0.5) is 0 Å². The van der Waals surface area contributed by atoms with Crippen LogP contribution in [0.5, 0.6) is 0 Å². The number of halogens is 1. The van der Waals surface area contributed by atoms with E-state index >= 15 is 0 Å². The third kappa shape index (κ3) is 4.47. The maximum atomic E-state index is 12.3. The van der Waals surface area contributed by atoms with Gasteiger partial charge in [0.25, 0.3) is 5.91 Å². The lowest BCUT2D eigenvalue weighted by Crippen LogP contribution is -2.33. The first-order chi connectivity index (χ1) is 8.94. The zero-order chi connectivity index (χ0) is 14.5. The Kier molecular flexibility index (Phi) is 7.78. The quantitative estimate of drug-likeness (QED) is 0.855. The Bertz CT molecular complexity index is 546. The Morgan fingerprint density at radius 2 is 1.90 bits per heavy atom. The predicted octanol–water partition coefficient (Wildman–Crippen LogP) is 1.19. The second kappa shape index (κ2) is 8.24. The molecule has 0 aliphatic carbocycles. The van der Waals surface area contributed by atoms with Crippen LogP contribution in [-0.4, -0.2) is 52.2 Å². The molecule has 20 heavy (non-hydrogen) atoms. The van der Waals surface area contributed by atoms with Gasteiger partial charge in [0.05, 0.1) is 16.2 Å². The zero-order valence-corrected chi connectivity index (χ0v) is 13.6. The van der Waals surface area contributed by atoms with Gasteiger partial charge in [-0.3, -0.25) is 4.79 Å². The predicted molar refractivity (Wildman–Crippen MR) is 82.3 cm³/mol. The Hall–Kier alpha value is -1.11. The number of rotatable bonds is 6. The molecule has 0 fully saturated rings. The summed E-state index contributed by atoms with van der Waals surface area (Å²) in [4.78, 5) is 13.9. The summed E-state index contributed by atoms with van der Waals surface area (Å²) in [6.07, 6.45) is 0. The molecule has 114 valence electrons. The number of carbonyl (C=O) groups is 1. The Balaban J connectivity index is 0.00000361. The van der Waals surface area contributed by atoms with Crippen molar-refractivity contribution in [3.8, 4) is 0 Å². The summed E-state index contributed by atoms with van der Waals surface area (Å²) in [5, 5.41) is 2.95. The monoisotopic (exact) mass is 320 g/mol. The summed E-state index contributed by atoms with van der Waals surface area (Å²) in [7, 11) is 0.0701. The average molecular weight is 321 g/mol. The molecule has 0 atom stereocenters. The zero-order valence-electron chi connectivity index (χ0n) is 11.9. The number of benzene rings is 1. The number of hydrogen-bond donors (Lipinski definition) is 1. The average Bonchev–Trinajstić information content (AvgIpc) is 2.43. The van der Waals surface area contributed by atoms with Crippen LogP contribution in [0.2, 0.25) is 0 Å². The largest absolute Gasteiger partial charge is 0.340 e. The molecule has 1 rings (SSSR count). The van der Waals surface area contributed by atoms with Crippen molar-refractivity contribution in [3.63, 3.8) is 0 Å². The molecule has 0 aromatic heterocycles. The second-order valence-electron chi connectivity index (χ2n) is 4.23. The first-order valence-corrected chi connectivity index (χ1v) is 7.81. The highest BCUT2D eigenvalue weighted by molar-refractivity contribution is 7.91. The van der Waals surface area contributed by atoms with Crippen LogP contribution >= 0.6 is 12.4 Å². The molecular formula is C13H21ClN2O3S. The lowest BCUT2D eigenvalue weighted by Gasteiger charge is -2.18. The number of nitrogens with one attached hydrogen (secondary N) is 1. The van der Waals surface area contributed by atoms with Crippen molar-refractivity contribution in [2.24, 2.45) is 0 Å². The third-order valence-electron chi connectivity index (χ3n) is 2.88. The van der Waals surface area contributed by atoms with Crippen molar-refractivity contribution in [3.05, 3.63) is 29.8 Å². The molecule has 0 unspecified atom stereocenters. The van der Waals surface area contributed by atoms with Gasteiger partial charge in [-0.25, -0.2) is 8.42 Å². The molecule has 1 aromatic rings. The smallest absolute Gasteiger partial charge is 0.254 e. The van der Waals surface area contributed by atoms with Crippen molar-refractivity contribution < 1.29 is 13.2 Å². The number of hydrogen-bond acceptors (Lipinski definition) is 4. The van der Waals surface area contributed by atoms with Gasteiger partial charge in [0, 0.05) is 20.1 Å². The summed E-state index contributed by atoms with van der Waals surface area (Å²) < 4.78 is 24.0. The van der Waals surface area contributed by atoms with Crippen LogP contribution in [0.3, 0.4) is 0 Å². The van der Waals surface area contributed by atoms with Gasteiger partial charge < -0.3 is 10.2 Å². The van der Waals surface area contributed by atoms with Crippen molar-refractivity contribution in [1.29, 1.82) is 0 Å². The molecule has 0 heterocycles.